The normalized spacial score (nSPS) is 17.4. The molecular weight excluding hydrogens is 437 g/mol. The van der Waals surface area contributed by atoms with E-state index in [0.29, 0.717) is 22.4 Å². The number of halogens is 3. The highest BCUT2D eigenvalue weighted by molar-refractivity contribution is 8.14. The van der Waals surface area contributed by atoms with Gasteiger partial charge in [0.15, 0.2) is 0 Å². The van der Waals surface area contributed by atoms with Crippen molar-refractivity contribution >= 4 is 38.8 Å². The number of rotatable bonds is 5. The topological polar surface area (TPSA) is 59.8 Å². The van der Waals surface area contributed by atoms with Gasteiger partial charge in [0.1, 0.15) is 23.6 Å². The summed E-state index contributed by atoms with van der Waals surface area (Å²) >= 11 is 0. The van der Waals surface area contributed by atoms with E-state index in [1.54, 1.807) is 20.0 Å². The Bertz CT molecular complexity index is 1300. The first-order valence-electron chi connectivity index (χ1n) is 10.1. The number of hydrogen-bond acceptors (Lipinski definition) is 4. The molecule has 4 rings (SSSR count). The average molecular weight is 461 g/mol. The number of fused-ring (bicyclic) bond motifs is 1. The van der Waals surface area contributed by atoms with Crippen LogP contribution in [0.15, 0.2) is 41.5 Å². The molecule has 1 unspecified atom stereocenters. The lowest BCUT2D eigenvalue weighted by Crippen LogP contribution is -2.23. The molecule has 5 nitrogen and oxygen atoms in total. The number of nitrogens with one attached hydrogen (secondary N) is 1. The number of nitrogens with zero attached hydrogens (tertiary/aromatic N) is 3. The average Bonchev–Trinajstić information content (AvgIpc) is 2.77. The molecule has 2 atom stereocenters. The highest BCUT2D eigenvalue weighted by Gasteiger charge is 2.21. The Balaban J connectivity index is 1.78. The molecule has 0 saturated carbocycles. The van der Waals surface area contributed by atoms with E-state index < -0.39 is 23.8 Å². The van der Waals surface area contributed by atoms with Crippen LogP contribution in [0.5, 0.6) is 0 Å². The number of benzene rings is 1. The third-order valence-corrected chi connectivity index (χ3v) is 7.11. The van der Waals surface area contributed by atoms with Crippen LogP contribution in [0.2, 0.25) is 0 Å². The fourth-order valence-electron chi connectivity index (χ4n) is 3.87. The summed E-state index contributed by atoms with van der Waals surface area (Å²) in [6.45, 7) is 1.67. The number of allylic oxidation sites excluding steroid dienone is 1. The molecule has 1 aliphatic rings. The molecule has 32 heavy (non-hydrogen) atoms. The summed E-state index contributed by atoms with van der Waals surface area (Å²) in [6, 6.07) is 5.06. The zero-order chi connectivity index (χ0) is 23.0. The predicted octanol–water partition coefficient (Wildman–Crippen LogP) is 5.07. The number of alkyl halides is 2. The van der Waals surface area contributed by atoms with Crippen molar-refractivity contribution in [2.75, 3.05) is 16.8 Å². The lowest BCUT2D eigenvalue weighted by molar-refractivity contribution is 0.146. The van der Waals surface area contributed by atoms with Crippen molar-refractivity contribution in [3.8, 4) is 0 Å². The molecule has 3 aromatic rings. The van der Waals surface area contributed by atoms with E-state index in [0.717, 1.165) is 29.6 Å². The molecule has 0 fully saturated rings. The Morgan fingerprint density at radius 2 is 2.00 bits per heavy atom. The van der Waals surface area contributed by atoms with Crippen molar-refractivity contribution in [3.05, 3.63) is 69.5 Å². The summed E-state index contributed by atoms with van der Waals surface area (Å²) in [5.41, 5.74) is 1.30. The van der Waals surface area contributed by atoms with Crippen LogP contribution in [0.1, 0.15) is 42.5 Å². The lowest BCUT2D eigenvalue weighted by Gasteiger charge is -2.20. The Morgan fingerprint density at radius 1 is 1.25 bits per heavy atom. The van der Waals surface area contributed by atoms with Gasteiger partial charge in [-0.3, -0.25) is 9.36 Å². The van der Waals surface area contributed by atoms with Crippen LogP contribution in [-0.2, 0) is 7.05 Å². The first-order valence-corrected chi connectivity index (χ1v) is 11.9. The van der Waals surface area contributed by atoms with Crippen molar-refractivity contribution in [1.82, 2.24) is 14.5 Å². The molecule has 0 spiro atoms. The van der Waals surface area contributed by atoms with Crippen LogP contribution in [0.4, 0.5) is 19.0 Å². The maximum Gasteiger partial charge on any atom is 0.266 e. The maximum absolute atomic E-state index is 14.6. The molecule has 1 aliphatic heterocycles. The van der Waals surface area contributed by atoms with Gasteiger partial charge in [-0.25, -0.2) is 23.1 Å². The molecular formula is C23H23F3N4OS. The monoisotopic (exact) mass is 460 g/mol. The minimum atomic E-state index is -2.90. The largest absolute Gasteiger partial charge is 0.363 e. The van der Waals surface area contributed by atoms with Gasteiger partial charge in [0.2, 0.25) is 0 Å². The SMILES string of the molecule is C=S1CC=C(c2cc3c(N[C@H](C)c4cccc(C(F)F)c4F)ncnc3n(C)c2=O)CC1. The van der Waals surface area contributed by atoms with Gasteiger partial charge in [-0.2, -0.15) is 10.5 Å². The van der Waals surface area contributed by atoms with Crippen molar-refractivity contribution < 1.29 is 13.2 Å². The third-order valence-electron chi connectivity index (χ3n) is 5.69. The Kier molecular flexibility index (Phi) is 6.19. The van der Waals surface area contributed by atoms with Gasteiger partial charge in [-0.15, -0.1) is 0 Å². The molecule has 9 heteroatoms. The minimum absolute atomic E-state index is 0.0739. The fraction of sp³-hybridized carbons (Fsp3) is 0.304. The molecule has 0 radical (unpaired) electrons. The van der Waals surface area contributed by atoms with E-state index in [2.05, 4.69) is 27.2 Å². The first kappa shape index (κ1) is 22.3. The smallest absolute Gasteiger partial charge is 0.266 e. The fourth-order valence-corrected chi connectivity index (χ4v) is 4.98. The molecule has 1 N–H and O–H groups in total. The van der Waals surface area contributed by atoms with Crippen LogP contribution in [0, 0.1) is 5.82 Å². The number of anilines is 1. The summed E-state index contributed by atoms with van der Waals surface area (Å²) < 4.78 is 42.3. The quantitative estimate of drug-likeness (QED) is 0.541. The number of pyridine rings is 1. The Hall–Kier alpha value is -2.94. The van der Waals surface area contributed by atoms with Crippen molar-refractivity contribution in [2.45, 2.75) is 25.8 Å². The predicted molar refractivity (Wildman–Crippen MR) is 125 cm³/mol. The maximum atomic E-state index is 14.6. The molecule has 1 aromatic carbocycles. The van der Waals surface area contributed by atoms with E-state index in [9.17, 15) is 18.0 Å². The van der Waals surface area contributed by atoms with Gasteiger partial charge in [0, 0.05) is 23.9 Å². The van der Waals surface area contributed by atoms with Crippen LogP contribution >= 0.6 is 10.5 Å². The molecule has 3 heterocycles. The van der Waals surface area contributed by atoms with Crippen LogP contribution < -0.4 is 10.9 Å². The van der Waals surface area contributed by atoms with Gasteiger partial charge < -0.3 is 5.32 Å². The molecule has 0 saturated heterocycles. The second kappa shape index (κ2) is 8.90. The van der Waals surface area contributed by atoms with Crippen molar-refractivity contribution in [1.29, 1.82) is 0 Å². The highest BCUT2D eigenvalue weighted by atomic mass is 32.2. The zero-order valence-corrected chi connectivity index (χ0v) is 18.6. The number of hydrogen-bond donors (Lipinski definition) is 1. The van der Waals surface area contributed by atoms with E-state index in [1.165, 1.54) is 23.0 Å². The van der Waals surface area contributed by atoms with E-state index in [1.807, 2.05) is 0 Å². The number of aromatic nitrogens is 3. The molecule has 2 aromatic heterocycles. The standard InChI is InChI=1S/C23H23F3N4OS/c1-13(15-5-4-6-16(19(15)24)20(25)26)29-21-18-11-17(14-7-9-32(3)10-8-14)23(31)30(2)22(18)28-12-27-21/h4-7,11-13,20H,3,8-10H2,1-2H3,(H,27,28,29)/t13-,32?/m1/s1. The summed E-state index contributed by atoms with van der Waals surface area (Å²) in [4.78, 5) is 21.5. The van der Waals surface area contributed by atoms with E-state index >= 15 is 0 Å². The van der Waals surface area contributed by atoms with Gasteiger partial charge in [-0.05, 0) is 30.7 Å². The summed E-state index contributed by atoms with van der Waals surface area (Å²) in [6.07, 6.45) is 1.25. The summed E-state index contributed by atoms with van der Waals surface area (Å²) in [5.74, 6) is 5.33. The Labute approximate surface area is 185 Å². The lowest BCUT2D eigenvalue weighted by atomic mass is 10.0. The van der Waals surface area contributed by atoms with Crippen LogP contribution in [0.25, 0.3) is 16.6 Å². The molecule has 0 bridgehead atoms. The van der Waals surface area contributed by atoms with E-state index in [4.69, 9.17) is 0 Å². The number of aryl methyl sites for hydroxylation is 1. The zero-order valence-electron chi connectivity index (χ0n) is 17.7. The van der Waals surface area contributed by atoms with Gasteiger partial charge in [-0.1, -0.05) is 30.1 Å². The molecule has 0 aliphatic carbocycles. The van der Waals surface area contributed by atoms with Crippen LogP contribution in [0.3, 0.4) is 0 Å². The molecule has 168 valence electrons. The van der Waals surface area contributed by atoms with E-state index in [-0.39, 0.29) is 21.6 Å². The second-order valence-electron chi connectivity index (χ2n) is 7.76. The van der Waals surface area contributed by atoms with Crippen LogP contribution in [-0.4, -0.2) is 31.9 Å². The second-order valence-corrected chi connectivity index (χ2v) is 9.73. The minimum Gasteiger partial charge on any atom is -0.363 e. The third kappa shape index (κ3) is 4.09. The van der Waals surface area contributed by atoms with Crippen molar-refractivity contribution in [2.24, 2.45) is 7.05 Å². The summed E-state index contributed by atoms with van der Waals surface area (Å²) in [5, 5.41) is 3.71. The summed E-state index contributed by atoms with van der Waals surface area (Å²) in [7, 11) is 1.72. The van der Waals surface area contributed by atoms with Gasteiger partial charge >= 0.3 is 0 Å². The van der Waals surface area contributed by atoms with Gasteiger partial charge in [0.25, 0.3) is 12.0 Å². The first-order chi connectivity index (χ1) is 15.3. The highest BCUT2D eigenvalue weighted by Crippen LogP contribution is 2.32. The van der Waals surface area contributed by atoms with Crippen molar-refractivity contribution in [3.63, 3.8) is 0 Å². The molecule has 0 amide bonds. The Morgan fingerprint density at radius 3 is 2.69 bits per heavy atom. The van der Waals surface area contributed by atoms with Gasteiger partial charge in [0.05, 0.1) is 17.0 Å².